The Morgan fingerprint density at radius 3 is 2.38 bits per heavy atom. The van der Waals surface area contributed by atoms with E-state index in [0.717, 1.165) is 80.3 Å². The van der Waals surface area contributed by atoms with Gasteiger partial charge in [-0.05, 0) is 136 Å². The van der Waals surface area contributed by atoms with Crippen LogP contribution >= 0.6 is 11.3 Å². The number of aliphatic hydroxyl groups is 2. The molecule has 2 saturated heterocycles. The minimum absolute atomic E-state index is 0.0513. The van der Waals surface area contributed by atoms with Gasteiger partial charge in [-0.2, -0.15) is 0 Å². The first-order valence-electron chi connectivity index (χ1n) is 28.3. The van der Waals surface area contributed by atoms with Crippen molar-refractivity contribution in [1.82, 2.24) is 30.4 Å². The number of benzene rings is 4. The standard InChI is InChI=1S/C63H77N7O10S/c1-8-68(48-20-24-78-25-21-48)54-30-47(29-52(41(54)6)59(72)65-34-53-39(4)28-40(5)67-60(53)73)43-16-18-50(19-17-43)79-23-11-22-77-26-27-80-56-31-44(58-42(7)66-37-81-58)14-15-45(56)33-64-61(74)55-32-49(71)36-69(55)63(76)57(38(2)3)70-35-46-12-9-10-13-51(46)62(70)75/h9-10,12-19,28-31,37-38,48-49,55,57,61,64,71,74H,8,11,20-27,32-36H2,1-7H3,(H,65,72)(H,67,73)/t49-,55?,57+,61?/m1/s1. The molecule has 3 aliphatic heterocycles. The number of aryl methyl sites for hydroxylation is 3. The van der Waals surface area contributed by atoms with Crippen LogP contribution in [0.4, 0.5) is 5.69 Å². The lowest BCUT2D eigenvalue weighted by Crippen LogP contribution is -2.56. The molecular weight excluding hydrogens is 1050 g/mol. The molecule has 5 N–H and O–H groups in total. The minimum Gasteiger partial charge on any atom is -0.494 e. The number of carbonyl (C=O) groups excluding carboxylic acids is 3. The lowest BCUT2D eigenvalue weighted by atomic mass is 9.95. The van der Waals surface area contributed by atoms with E-state index in [0.29, 0.717) is 74.2 Å². The van der Waals surface area contributed by atoms with Crippen LogP contribution in [0.15, 0.2) is 95.2 Å². The van der Waals surface area contributed by atoms with Crippen molar-refractivity contribution < 1.29 is 43.5 Å². The summed E-state index contributed by atoms with van der Waals surface area (Å²) in [5.74, 6) is 0.365. The Morgan fingerprint density at radius 2 is 1.67 bits per heavy atom. The fraction of sp³-hybridized carbons (Fsp3) is 0.444. The molecule has 0 aliphatic carbocycles. The molecule has 4 atom stereocenters. The van der Waals surface area contributed by atoms with E-state index in [1.165, 1.54) is 4.90 Å². The van der Waals surface area contributed by atoms with Crippen LogP contribution in [0.3, 0.4) is 0 Å². The van der Waals surface area contributed by atoms with E-state index in [4.69, 9.17) is 18.9 Å². The third-order valence-electron chi connectivity index (χ3n) is 15.8. The minimum atomic E-state index is -1.19. The fourth-order valence-corrected chi connectivity index (χ4v) is 12.3. The Bertz CT molecular complexity index is 3230. The van der Waals surface area contributed by atoms with Gasteiger partial charge in [0.25, 0.3) is 17.4 Å². The molecule has 0 spiro atoms. The number of carbonyl (C=O) groups is 3. The highest BCUT2D eigenvalue weighted by Gasteiger charge is 2.45. The first kappa shape index (κ1) is 58.7. The summed E-state index contributed by atoms with van der Waals surface area (Å²) in [4.78, 5) is 68.6. The quantitative estimate of drug-likeness (QED) is 0.0286. The number of aromatic amines is 1. The number of β-amino-alcohol motifs (C(OH)–C–C–N with tert-alkyl or cyclic N) is 1. The molecule has 17 nitrogen and oxygen atoms in total. The summed E-state index contributed by atoms with van der Waals surface area (Å²) < 4.78 is 24.2. The van der Waals surface area contributed by atoms with Gasteiger partial charge in [0.2, 0.25) is 5.91 Å². The van der Waals surface area contributed by atoms with Crippen LogP contribution < -0.4 is 30.6 Å². The molecular formula is C63H77N7O10S. The molecule has 18 heteroatoms. The zero-order valence-corrected chi connectivity index (χ0v) is 48.4. The molecule has 0 saturated carbocycles. The van der Waals surface area contributed by atoms with Crippen molar-refractivity contribution in [1.29, 1.82) is 0 Å². The molecule has 430 valence electrons. The van der Waals surface area contributed by atoms with Crippen molar-refractivity contribution in [3.05, 3.63) is 151 Å². The Labute approximate surface area is 478 Å². The second-order valence-corrected chi connectivity index (χ2v) is 22.6. The van der Waals surface area contributed by atoms with Gasteiger partial charge < -0.3 is 54.2 Å². The topological polar surface area (TPSA) is 208 Å². The van der Waals surface area contributed by atoms with Gasteiger partial charge in [0, 0.05) is 98.6 Å². The normalized spacial score (nSPS) is 17.1. The lowest BCUT2D eigenvalue weighted by Gasteiger charge is -2.37. The number of hydrogen-bond acceptors (Lipinski definition) is 14. The monoisotopic (exact) mass is 1120 g/mol. The summed E-state index contributed by atoms with van der Waals surface area (Å²) in [6.45, 7) is 17.9. The number of anilines is 1. The van der Waals surface area contributed by atoms with Gasteiger partial charge in [0.15, 0.2) is 0 Å². The van der Waals surface area contributed by atoms with Crippen LogP contribution in [0, 0.1) is 33.6 Å². The van der Waals surface area contributed by atoms with Gasteiger partial charge in [0.1, 0.15) is 30.4 Å². The van der Waals surface area contributed by atoms with E-state index in [-0.39, 0.29) is 67.9 Å². The van der Waals surface area contributed by atoms with Gasteiger partial charge in [-0.15, -0.1) is 11.3 Å². The zero-order chi connectivity index (χ0) is 57.3. The lowest BCUT2D eigenvalue weighted by molar-refractivity contribution is -0.141. The van der Waals surface area contributed by atoms with E-state index in [2.05, 4.69) is 38.5 Å². The predicted molar refractivity (Wildman–Crippen MR) is 314 cm³/mol. The van der Waals surface area contributed by atoms with E-state index in [1.54, 1.807) is 22.3 Å². The van der Waals surface area contributed by atoms with E-state index >= 15 is 0 Å². The molecule has 9 rings (SSSR count). The summed E-state index contributed by atoms with van der Waals surface area (Å²) in [5, 5.41) is 28.8. The van der Waals surface area contributed by atoms with Crippen LogP contribution in [-0.4, -0.2) is 131 Å². The van der Waals surface area contributed by atoms with Crippen molar-refractivity contribution in [2.75, 3.05) is 57.6 Å². The summed E-state index contributed by atoms with van der Waals surface area (Å²) in [6.07, 6.45) is 0.595. The van der Waals surface area contributed by atoms with Crippen LogP contribution in [0.1, 0.15) is 106 Å². The number of amides is 3. The molecule has 6 aromatic rings. The third-order valence-corrected chi connectivity index (χ3v) is 16.8. The Morgan fingerprint density at radius 1 is 0.901 bits per heavy atom. The molecule has 0 radical (unpaired) electrons. The fourth-order valence-electron chi connectivity index (χ4n) is 11.5. The molecule has 2 unspecified atom stereocenters. The Balaban J connectivity index is 0.789. The van der Waals surface area contributed by atoms with Crippen molar-refractivity contribution in [3.63, 3.8) is 0 Å². The SMILES string of the molecule is CCN(c1cc(-c2ccc(OCCCOCCOc3cc(-c4scnc4C)ccc3CNC(O)C3C[C@@H](O)CN3C(=O)[C@H](C(C)C)N3Cc4ccccc4C3=O)cc2)cc(C(=O)NCc2c(C)cc(C)[nH]c2=O)c1C)C1CCOCC1. The molecule has 3 amide bonds. The molecule has 2 fully saturated rings. The molecule has 3 aliphatic rings. The second-order valence-electron chi connectivity index (χ2n) is 21.8. The summed E-state index contributed by atoms with van der Waals surface area (Å²) in [7, 11) is 0. The van der Waals surface area contributed by atoms with Gasteiger partial charge in [-0.25, -0.2) is 4.98 Å². The van der Waals surface area contributed by atoms with Crippen LogP contribution in [0.25, 0.3) is 21.6 Å². The maximum absolute atomic E-state index is 14.4. The van der Waals surface area contributed by atoms with Gasteiger partial charge >= 0.3 is 0 Å². The van der Waals surface area contributed by atoms with Crippen molar-refractivity contribution in [2.45, 2.75) is 124 Å². The number of hydrogen-bond donors (Lipinski definition) is 5. The number of likely N-dealkylation sites (tertiary alicyclic amines) is 1. The van der Waals surface area contributed by atoms with Crippen molar-refractivity contribution in [3.8, 4) is 33.1 Å². The van der Waals surface area contributed by atoms with Crippen LogP contribution in [0.2, 0.25) is 0 Å². The van der Waals surface area contributed by atoms with Crippen molar-refractivity contribution >= 4 is 34.7 Å². The van der Waals surface area contributed by atoms with E-state index < -0.39 is 24.4 Å². The maximum Gasteiger partial charge on any atom is 0.255 e. The highest BCUT2D eigenvalue weighted by atomic mass is 32.1. The highest BCUT2D eigenvalue weighted by Crippen LogP contribution is 2.36. The number of rotatable bonds is 24. The number of aliphatic hydroxyl groups excluding tert-OH is 2. The smallest absolute Gasteiger partial charge is 0.255 e. The Hall–Kier alpha value is -6.93. The maximum atomic E-state index is 14.4. The van der Waals surface area contributed by atoms with Gasteiger partial charge in [-0.1, -0.05) is 56.3 Å². The molecule has 0 bridgehead atoms. The van der Waals surface area contributed by atoms with Crippen LogP contribution in [-0.2, 0) is 33.9 Å². The highest BCUT2D eigenvalue weighted by molar-refractivity contribution is 7.13. The first-order chi connectivity index (χ1) is 39.1. The number of H-pyrrole nitrogens is 1. The molecule has 4 aromatic carbocycles. The summed E-state index contributed by atoms with van der Waals surface area (Å²) in [6, 6.07) is 26.0. The average Bonchev–Trinajstić information content (AvgIpc) is 4.37. The largest absolute Gasteiger partial charge is 0.494 e. The second kappa shape index (κ2) is 26.8. The number of nitrogens with one attached hydrogen (secondary N) is 3. The number of ether oxygens (including phenoxy) is 4. The molecule has 2 aromatic heterocycles. The number of fused-ring (bicyclic) bond motifs is 1. The predicted octanol–water partition coefficient (Wildman–Crippen LogP) is 8.25. The molecule has 5 heterocycles. The van der Waals surface area contributed by atoms with E-state index in [9.17, 15) is 29.4 Å². The summed E-state index contributed by atoms with van der Waals surface area (Å²) in [5.41, 5.74) is 12.1. The average molecular weight is 1120 g/mol. The number of pyridine rings is 1. The van der Waals surface area contributed by atoms with Gasteiger partial charge in [0.05, 0.1) is 41.4 Å². The van der Waals surface area contributed by atoms with Gasteiger partial charge in [-0.3, -0.25) is 24.5 Å². The van der Waals surface area contributed by atoms with Crippen LogP contribution in [0.5, 0.6) is 11.5 Å². The third kappa shape index (κ3) is 13.7. The van der Waals surface area contributed by atoms with Crippen molar-refractivity contribution in [2.24, 2.45) is 5.92 Å². The summed E-state index contributed by atoms with van der Waals surface area (Å²) >= 11 is 1.54. The number of aromatic nitrogens is 2. The first-order valence-corrected chi connectivity index (χ1v) is 29.2. The number of thiazole rings is 1. The Kier molecular flexibility index (Phi) is 19.4. The zero-order valence-electron chi connectivity index (χ0n) is 47.6. The number of nitrogens with zero attached hydrogens (tertiary/aromatic N) is 4. The van der Waals surface area contributed by atoms with E-state index in [1.807, 2.05) is 120 Å². The molecule has 81 heavy (non-hydrogen) atoms.